The Balaban J connectivity index is 1.67. The van der Waals surface area contributed by atoms with Crippen molar-refractivity contribution < 1.29 is 22.4 Å². The molecule has 4 aromatic rings. The molecular formula is C20H13F4N7O. The summed E-state index contributed by atoms with van der Waals surface area (Å²) in [5.74, 6) is -4.44. The van der Waals surface area contributed by atoms with Crippen LogP contribution < -0.4 is 5.32 Å². The van der Waals surface area contributed by atoms with E-state index in [0.29, 0.717) is 11.8 Å². The Kier molecular flexibility index (Phi) is 4.23. The van der Waals surface area contributed by atoms with Gasteiger partial charge in [-0.3, -0.25) is 4.79 Å². The first-order chi connectivity index (χ1) is 15.2. The zero-order chi connectivity index (χ0) is 22.8. The summed E-state index contributed by atoms with van der Waals surface area (Å²) in [5.41, 5.74) is -1.08. The summed E-state index contributed by atoms with van der Waals surface area (Å²) < 4.78 is 57.0. The minimum atomic E-state index is -1.36. The Labute approximate surface area is 177 Å². The summed E-state index contributed by atoms with van der Waals surface area (Å²) in [6.45, 7) is 2.80. The third-order valence-electron chi connectivity index (χ3n) is 5.29. The Morgan fingerprint density at radius 1 is 1.09 bits per heavy atom. The number of aromatic nitrogens is 6. The molecule has 8 nitrogen and oxygen atoms in total. The van der Waals surface area contributed by atoms with Crippen LogP contribution in [0.4, 0.5) is 23.4 Å². The third kappa shape index (κ3) is 2.90. The van der Waals surface area contributed by atoms with Crippen LogP contribution in [0.2, 0.25) is 0 Å². The Hall–Kier alpha value is -3.96. The number of hydrogen-bond donors (Lipinski definition) is 1. The van der Waals surface area contributed by atoms with Crippen molar-refractivity contribution >= 4 is 22.8 Å². The van der Waals surface area contributed by atoms with Crippen molar-refractivity contribution in [1.29, 1.82) is 0 Å². The summed E-state index contributed by atoms with van der Waals surface area (Å²) in [6, 6.07) is 2.58. The minimum absolute atomic E-state index is 0.0264. The number of benzene rings is 1. The van der Waals surface area contributed by atoms with Gasteiger partial charge in [-0.05, 0) is 32.0 Å². The van der Waals surface area contributed by atoms with Gasteiger partial charge in [-0.2, -0.15) is 5.10 Å². The fourth-order valence-corrected chi connectivity index (χ4v) is 3.48. The lowest BCUT2D eigenvalue weighted by molar-refractivity contribution is -0.119. The number of rotatable bonds is 3. The van der Waals surface area contributed by atoms with E-state index in [4.69, 9.17) is 0 Å². The lowest BCUT2D eigenvalue weighted by Crippen LogP contribution is -2.27. The molecule has 1 N–H and O–H groups in total. The normalized spacial score (nSPS) is 14.6. The van der Waals surface area contributed by atoms with Crippen LogP contribution in [0.3, 0.4) is 0 Å². The summed E-state index contributed by atoms with van der Waals surface area (Å²) in [4.78, 5) is 20.4. The molecule has 4 heterocycles. The van der Waals surface area contributed by atoms with Crippen molar-refractivity contribution in [1.82, 2.24) is 29.9 Å². The SMILES string of the molecule is CC1(C)C(=O)Nc2nc(-c3nn(Cc4c(F)ccc(F)c4F)c4ncc(F)cc34)nnc21. The lowest BCUT2D eigenvalue weighted by Gasteiger charge is -2.11. The largest absolute Gasteiger partial charge is 0.308 e. The quantitative estimate of drug-likeness (QED) is 0.386. The maximum Gasteiger partial charge on any atom is 0.237 e. The van der Waals surface area contributed by atoms with Gasteiger partial charge in [0.1, 0.15) is 23.0 Å². The first-order valence-corrected chi connectivity index (χ1v) is 9.38. The summed E-state index contributed by atoms with van der Waals surface area (Å²) in [7, 11) is 0. The second kappa shape index (κ2) is 6.77. The minimum Gasteiger partial charge on any atom is -0.308 e. The van der Waals surface area contributed by atoms with E-state index >= 15 is 0 Å². The molecule has 0 bridgehead atoms. The highest BCUT2D eigenvalue weighted by atomic mass is 19.2. The number of nitrogens with one attached hydrogen (secondary N) is 1. The summed E-state index contributed by atoms with van der Waals surface area (Å²) >= 11 is 0. The van der Waals surface area contributed by atoms with Gasteiger partial charge in [-0.15, -0.1) is 10.2 Å². The molecule has 162 valence electrons. The number of fused-ring (bicyclic) bond motifs is 2. The average molecular weight is 443 g/mol. The van der Waals surface area contributed by atoms with Gasteiger partial charge in [0.2, 0.25) is 11.7 Å². The van der Waals surface area contributed by atoms with Crippen molar-refractivity contribution in [2.75, 3.05) is 5.32 Å². The number of carbonyl (C=O) groups excluding carboxylic acids is 1. The van der Waals surface area contributed by atoms with Gasteiger partial charge in [-0.1, -0.05) is 0 Å². The van der Waals surface area contributed by atoms with Gasteiger partial charge in [0.05, 0.1) is 23.5 Å². The molecule has 0 spiro atoms. The van der Waals surface area contributed by atoms with Gasteiger partial charge in [0, 0.05) is 5.56 Å². The van der Waals surface area contributed by atoms with E-state index in [1.807, 2.05) is 0 Å². The van der Waals surface area contributed by atoms with Gasteiger partial charge in [0.15, 0.2) is 23.1 Å². The van der Waals surface area contributed by atoms with E-state index in [1.54, 1.807) is 13.8 Å². The van der Waals surface area contributed by atoms with Crippen LogP contribution in [0.25, 0.3) is 22.6 Å². The van der Waals surface area contributed by atoms with Gasteiger partial charge < -0.3 is 5.32 Å². The molecule has 1 amide bonds. The average Bonchev–Trinajstić information content (AvgIpc) is 3.21. The lowest BCUT2D eigenvalue weighted by atomic mass is 9.91. The highest BCUT2D eigenvalue weighted by molar-refractivity contribution is 6.04. The maximum absolute atomic E-state index is 14.2. The van der Waals surface area contributed by atoms with Crippen molar-refractivity contribution in [2.24, 2.45) is 0 Å². The standard InChI is InChI=1S/C20H13F4N7O/c1-20(2)15-17(27-19(20)32)26-16(29-28-15)14-9-5-8(21)6-25-18(9)31(30-14)7-10-11(22)3-4-12(23)13(10)24/h3-6H,7H2,1-2H3,(H,26,27,29,32). The Morgan fingerprint density at radius 3 is 2.62 bits per heavy atom. The molecule has 0 saturated heterocycles. The first kappa shape index (κ1) is 20.0. The second-order valence-electron chi connectivity index (χ2n) is 7.76. The van der Waals surface area contributed by atoms with Crippen LogP contribution in [-0.2, 0) is 16.8 Å². The van der Waals surface area contributed by atoms with E-state index in [2.05, 4.69) is 30.6 Å². The molecule has 0 atom stereocenters. The van der Waals surface area contributed by atoms with E-state index in [9.17, 15) is 22.4 Å². The van der Waals surface area contributed by atoms with Crippen LogP contribution in [0.15, 0.2) is 24.4 Å². The number of pyridine rings is 1. The molecule has 1 aliphatic rings. The smallest absolute Gasteiger partial charge is 0.237 e. The highest BCUT2D eigenvalue weighted by Gasteiger charge is 2.42. The molecule has 0 unspecified atom stereocenters. The molecular weight excluding hydrogens is 430 g/mol. The number of halogens is 4. The van der Waals surface area contributed by atoms with E-state index in [0.717, 1.165) is 23.0 Å². The van der Waals surface area contributed by atoms with Crippen LogP contribution in [0.5, 0.6) is 0 Å². The monoisotopic (exact) mass is 443 g/mol. The first-order valence-electron chi connectivity index (χ1n) is 9.38. The number of anilines is 1. The molecule has 0 radical (unpaired) electrons. The van der Waals surface area contributed by atoms with Gasteiger partial charge in [-0.25, -0.2) is 32.2 Å². The zero-order valence-electron chi connectivity index (χ0n) is 16.6. The molecule has 3 aromatic heterocycles. The van der Waals surface area contributed by atoms with Gasteiger partial charge >= 0.3 is 0 Å². The summed E-state index contributed by atoms with van der Waals surface area (Å²) in [6.07, 6.45) is 0.910. The molecule has 12 heteroatoms. The molecule has 0 fully saturated rings. The molecule has 1 aromatic carbocycles. The fraction of sp³-hybridized carbons (Fsp3) is 0.200. The van der Waals surface area contributed by atoms with Crippen LogP contribution >= 0.6 is 0 Å². The van der Waals surface area contributed by atoms with Crippen LogP contribution in [0, 0.1) is 23.3 Å². The van der Waals surface area contributed by atoms with E-state index in [1.165, 1.54) is 0 Å². The van der Waals surface area contributed by atoms with Crippen LogP contribution in [0.1, 0.15) is 25.1 Å². The Bertz CT molecular complexity index is 1430. The van der Waals surface area contributed by atoms with Crippen molar-refractivity contribution in [2.45, 2.75) is 25.8 Å². The van der Waals surface area contributed by atoms with Gasteiger partial charge in [0.25, 0.3) is 0 Å². The molecule has 32 heavy (non-hydrogen) atoms. The number of carbonyl (C=O) groups is 1. The molecule has 0 saturated carbocycles. The molecule has 1 aliphatic heterocycles. The zero-order valence-corrected chi connectivity index (χ0v) is 16.6. The van der Waals surface area contributed by atoms with E-state index < -0.39 is 40.8 Å². The second-order valence-corrected chi connectivity index (χ2v) is 7.76. The predicted octanol–water partition coefficient (Wildman–Crippen LogP) is 3.12. The van der Waals surface area contributed by atoms with Crippen molar-refractivity contribution in [3.8, 4) is 11.5 Å². The molecule has 5 rings (SSSR count). The summed E-state index contributed by atoms with van der Waals surface area (Å²) in [5, 5.41) is 15.1. The number of amides is 1. The van der Waals surface area contributed by atoms with Crippen molar-refractivity contribution in [3.63, 3.8) is 0 Å². The van der Waals surface area contributed by atoms with Crippen LogP contribution in [-0.4, -0.2) is 35.9 Å². The highest BCUT2D eigenvalue weighted by Crippen LogP contribution is 2.35. The fourth-order valence-electron chi connectivity index (χ4n) is 3.48. The topological polar surface area (TPSA) is 98.5 Å². The molecule has 0 aliphatic carbocycles. The van der Waals surface area contributed by atoms with Crippen molar-refractivity contribution in [3.05, 3.63) is 58.9 Å². The third-order valence-corrected chi connectivity index (χ3v) is 5.29. The number of hydrogen-bond acceptors (Lipinski definition) is 6. The number of nitrogens with zero attached hydrogens (tertiary/aromatic N) is 6. The van der Waals surface area contributed by atoms with E-state index in [-0.39, 0.29) is 34.3 Å². The Morgan fingerprint density at radius 2 is 1.84 bits per heavy atom. The maximum atomic E-state index is 14.2. The predicted molar refractivity (Wildman–Crippen MR) is 103 cm³/mol.